The summed E-state index contributed by atoms with van der Waals surface area (Å²) in [6.45, 7) is 10.6. The van der Waals surface area contributed by atoms with E-state index >= 15 is 0 Å². The number of hydrogen-bond donors (Lipinski definition) is 2. The second kappa shape index (κ2) is 6.24. The lowest BCUT2D eigenvalue weighted by Crippen LogP contribution is -2.38. The van der Waals surface area contributed by atoms with Gasteiger partial charge in [0.25, 0.3) is 0 Å². The van der Waals surface area contributed by atoms with E-state index in [-0.39, 0.29) is 11.3 Å². The largest absolute Gasteiger partial charge is 0.485 e. The van der Waals surface area contributed by atoms with Gasteiger partial charge in [-0.15, -0.1) is 0 Å². The summed E-state index contributed by atoms with van der Waals surface area (Å²) >= 11 is 0. The minimum Gasteiger partial charge on any atom is -0.485 e. The number of nitrogens with one attached hydrogen (secondary N) is 1. The van der Waals surface area contributed by atoms with E-state index in [4.69, 9.17) is 14.6 Å². The Labute approximate surface area is 136 Å². The molecular formula is C18H25NO4. The van der Waals surface area contributed by atoms with Crippen LogP contribution in [0.15, 0.2) is 24.3 Å². The molecule has 0 bridgehead atoms. The zero-order chi connectivity index (χ0) is 17.3. The van der Waals surface area contributed by atoms with Crippen molar-refractivity contribution in [3.05, 3.63) is 30.0 Å². The minimum atomic E-state index is -0.973. The number of fused-ring (bicyclic) bond motifs is 1. The van der Waals surface area contributed by atoms with Crippen molar-refractivity contribution in [3.8, 4) is 5.75 Å². The molecular weight excluding hydrogens is 294 g/mol. The van der Waals surface area contributed by atoms with Crippen molar-refractivity contribution in [2.75, 3.05) is 6.61 Å². The van der Waals surface area contributed by atoms with E-state index in [9.17, 15) is 4.79 Å². The molecule has 1 heterocycles. The Morgan fingerprint density at radius 3 is 2.48 bits per heavy atom. The molecule has 126 valence electrons. The van der Waals surface area contributed by atoms with Gasteiger partial charge in [-0.3, -0.25) is 0 Å². The maximum atomic E-state index is 11.0. The van der Waals surface area contributed by atoms with Crippen LogP contribution in [-0.4, -0.2) is 33.9 Å². The molecule has 0 radical (unpaired) electrons. The summed E-state index contributed by atoms with van der Waals surface area (Å²) in [6, 6.07) is 7.10. The van der Waals surface area contributed by atoms with E-state index in [0.717, 1.165) is 17.3 Å². The van der Waals surface area contributed by atoms with Crippen molar-refractivity contribution >= 4 is 16.9 Å². The second-order valence-electron chi connectivity index (χ2n) is 7.00. The number of aromatic carboxylic acids is 1. The summed E-state index contributed by atoms with van der Waals surface area (Å²) in [5, 5.41) is 9.84. The van der Waals surface area contributed by atoms with Crippen LogP contribution in [-0.2, 0) is 4.74 Å². The fraction of sp³-hybridized carbons (Fsp3) is 0.500. The lowest BCUT2D eigenvalue weighted by atomic mass is 10.1. The first-order chi connectivity index (χ1) is 10.6. The highest BCUT2D eigenvalue weighted by Gasteiger charge is 2.25. The van der Waals surface area contributed by atoms with E-state index in [1.807, 2.05) is 32.0 Å². The second-order valence-corrected chi connectivity index (χ2v) is 7.00. The molecule has 2 rings (SSSR count). The Balaban J connectivity index is 2.12. The van der Waals surface area contributed by atoms with Crippen LogP contribution in [0.4, 0.5) is 0 Å². The number of hydrogen-bond acceptors (Lipinski definition) is 3. The molecule has 0 aliphatic carbocycles. The van der Waals surface area contributed by atoms with Crippen LogP contribution >= 0.6 is 0 Å². The SMILES string of the molecule is CCC(C)(C)OCC(C)(C)Oc1ccc2[nH]c(C(=O)O)cc2c1. The highest BCUT2D eigenvalue weighted by Crippen LogP contribution is 2.26. The molecule has 0 aliphatic heterocycles. The van der Waals surface area contributed by atoms with Gasteiger partial charge < -0.3 is 19.6 Å². The normalized spacial score (nSPS) is 12.6. The standard InChI is InChI=1S/C18H25NO4/c1-6-17(2,3)22-11-18(4,5)23-13-7-8-14-12(9-13)10-15(19-14)16(20)21/h7-10,19H,6,11H2,1-5H3,(H,20,21). The zero-order valence-electron chi connectivity index (χ0n) is 14.4. The van der Waals surface area contributed by atoms with Gasteiger partial charge in [0.15, 0.2) is 0 Å². The Morgan fingerprint density at radius 1 is 1.17 bits per heavy atom. The first-order valence-corrected chi connectivity index (χ1v) is 7.81. The minimum absolute atomic E-state index is 0.171. The number of rotatable bonds is 7. The van der Waals surface area contributed by atoms with E-state index in [0.29, 0.717) is 12.4 Å². The lowest BCUT2D eigenvalue weighted by molar-refractivity contribution is -0.0824. The van der Waals surface area contributed by atoms with Crippen molar-refractivity contribution in [2.45, 2.75) is 52.2 Å². The predicted molar refractivity (Wildman–Crippen MR) is 90.3 cm³/mol. The number of carboxylic acids is 1. The fourth-order valence-electron chi connectivity index (χ4n) is 2.11. The van der Waals surface area contributed by atoms with Gasteiger partial charge in [0.1, 0.15) is 17.0 Å². The summed E-state index contributed by atoms with van der Waals surface area (Å²) in [4.78, 5) is 13.9. The van der Waals surface area contributed by atoms with E-state index in [2.05, 4.69) is 25.8 Å². The average molecular weight is 319 g/mol. The molecule has 0 saturated heterocycles. The monoisotopic (exact) mass is 319 g/mol. The van der Waals surface area contributed by atoms with Crippen molar-refractivity contribution in [3.63, 3.8) is 0 Å². The molecule has 0 spiro atoms. The summed E-state index contributed by atoms with van der Waals surface area (Å²) in [6.07, 6.45) is 0.927. The van der Waals surface area contributed by atoms with Crippen LogP contribution in [0.3, 0.4) is 0 Å². The first kappa shape index (κ1) is 17.3. The van der Waals surface area contributed by atoms with Gasteiger partial charge in [0, 0.05) is 10.9 Å². The number of carbonyl (C=O) groups is 1. The van der Waals surface area contributed by atoms with Crippen LogP contribution in [0.25, 0.3) is 10.9 Å². The van der Waals surface area contributed by atoms with Crippen LogP contribution in [0, 0.1) is 0 Å². The van der Waals surface area contributed by atoms with E-state index in [1.54, 1.807) is 6.07 Å². The Hall–Kier alpha value is -2.01. The van der Waals surface area contributed by atoms with Crippen molar-refractivity contribution in [1.82, 2.24) is 4.98 Å². The molecule has 1 aromatic carbocycles. The molecule has 1 aromatic heterocycles. The van der Waals surface area contributed by atoms with Crippen molar-refractivity contribution in [1.29, 1.82) is 0 Å². The topological polar surface area (TPSA) is 71.5 Å². The summed E-state index contributed by atoms with van der Waals surface area (Å²) in [5.41, 5.74) is 0.286. The predicted octanol–water partition coefficient (Wildman–Crippen LogP) is 4.23. The van der Waals surface area contributed by atoms with Gasteiger partial charge in [0.05, 0.1) is 12.2 Å². The number of H-pyrrole nitrogens is 1. The van der Waals surface area contributed by atoms with Gasteiger partial charge in [-0.05, 0) is 58.4 Å². The third-order valence-corrected chi connectivity index (χ3v) is 3.88. The third kappa shape index (κ3) is 4.48. The number of ether oxygens (including phenoxy) is 2. The smallest absolute Gasteiger partial charge is 0.352 e. The van der Waals surface area contributed by atoms with E-state index in [1.165, 1.54) is 0 Å². The van der Waals surface area contributed by atoms with Gasteiger partial charge >= 0.3 is 5.97 Å². The molecule has 2 aromatic rings. The maximum absolute atomic E-state index is 11.0. The van der Waals surface area contributed by atoms with Crippen molar-refractivity contribution < 1.29 is 19.4 Å². The number of carboxylic acid groups (broad SMARTS) is 1. The van der Waals surface area contributed by atoms with Crippen molar-refractivity contribution in [2.24, 2.45) is 0 Å². The highest BCUT2D eigenvalue weighted by atomic mass is 16.6. The van der Waals surface area contributed by atoms with Gasteiger partial charge in [-0.1, -0.05) is 6.92 Å². The molecule has 0 unspecified atom stereocenters. The number of aromatic nitrogens is 1. The zero-order valence-corrected chi connectivity index (χ0v) is 14.4. The van der Waals surface area contributed by atoms with Gasteiger partial charge in [-0.25, -0.2) is 4.79 Å². The molecule has 0 aliphatic rings. The Morgan fingerprint density at radius 2 is 1.87 bits per heavy atom. The third-order valence-electron chi connectivity index (χ3n) is 3.88. The number of aromatic amines is 1. The Kier molecular flexibility index (Phi) is 4.71. The number of benzene rings is 1. The van der Waals surface area contributed by atoms with Gasteiger partial charge in [-0.2, -0.15) is 0 Å². The highest BCUT2D eigenvalue weighted by molar-refractivity contribution is 5.94. The molecule has 23 heavy (non-hydrogen) atoms. The molecule has 5 heteroatoms. The summed E-state index contributed by atoms with van der Waals surface area (Å²) < 4.78 is 12.0. The molecule has 5 nitrogen and oxygen atoms in total. The Bertz CT molecular complexity index is 700. The van der Waals surface area contributed by atoms with Gasteiger partial charge in [0.2, 0.25) is 0 Å². The van der Waals surface area contributed by atoms with Crippen LogP contribution in [0.1, 0.15) is 51.5 Å². The molecule has 0 amide bonds. The lowest BCUT2D eigenvalue weighted by Gasteiger charge is -2.32. The average Bonchev–Trinajstić information content (AvgIpc) is 2.88. The fourth-order valence-corrected chi connectivity index (χ4v) is 2.11. The summed E-state index contributed by atoms with van der Waals surface area (Å²) in [7, 11) is 0. The molecule has 2 N–H and O–H groups in total. The molecule has 0 atom stereocenters. The molecule has 0 saturated carbocycles. The van der Waals surface area contributed by atoms with Crippen LogP contribution in [0.2, 0.25) is 0 Å². The van der Waals surface area contributed by atoms with E-state index < -0.39 is 11.6 Å². The van der Waals surface area contributed by atoms with Crippen LogP contribution < -0.4 is 4.74 Å². The quantitative estimate of drug-likeness (QED) is 0.801. The first-order valence-electron chi connectivity index (χ1n) is 7.81. The maximum Gasteiger partial charge on any atom is 0.352 e. The van der Waals surface area contributed by atoms with Crippen LogP contribution in [0.5, 0.6) is 5.75 Å². The molecule has 0 fully saturated rings. The summed E-state index contributed by atoms with van der Waals surface area (Å²) in [5.74, 6) is -0.282.